The molecule has 3 aromatic rings. The molecule has 0 radical (unpaired) electrons. The molecule has 0 amide bonds. The maximum absolute atomic E-state index is 4.39. The summed E-state index contributed by atoms with van der Waals surface area (Å²) in [6, 6.07) is 9.07. The van der Waals surface area contributed by atoms with Crippen LogP contribution in [0.3, 0.4) is 0 Å². The van der Waals surface area contributed by atoms with Gasteiger partial charge in [0.25, 0.3) is 0 Å². The molecule has 0 fully saturated rings. The molecule has 5 heteroatoms. The first-order valence-corrected chi connectivity index (χ1v) is 6.88. The molecule has 100 valence electrons. The van der Waals surface area contributed by atoms with Crippen molar-refractivity contribution in [3.05, 3.63) is 54.1 Å². The predicted molar refractivity (Wildman–Crippen MR) is 76.7 cm³/mol. The van der Waals surface area contributed by atoms with Gasteiger partial charge in [0, 0.05) is 18.4 Å². The van der Waals surface area contributed by atoms with Gasteiger partial charge in [0.15, 0.2) is 5.82 Å². The third-order valence-electron chi connectivity index (χ3n) is 3.90. The summed E-state index contributed by atoms with van der Waals surface area (Å²) in [7, 11) is 0. The molecule has 0 spiro atoms. The van der Waals surface area contributed by atoms with Crippen molar-refractivity contribution < 1.29 is 0 Å². The maximum atomic E-state index is 4.39. The van der Waals surface area contributed by atoms with Crippen molar-refractivity contribution in [3.63, 3.8) is 0 Å². The van der Waals surface area contributed by atoms with Crippen LogP contribution in [0.15, 0.2) is 43.0 Å². The summed E-state index contributed by atoms with van der Waals surface area (Å²) in [4.78, 5) is 4.39. The van der Waals surface area contributed by atoms with E-state index >= 15 is 0 Å². The van der Waals surface area contributed by atoms with Gasteiger partial charge in [-0.25, -0.2) is 4.98 Å². The van der Waals surface area contributed by atoms with E-state index in [-0.39, 0.29) is 0 Å². The van der Waals surface area contributed by atoms with E-state index < -0.39 is 0 Å². The molecule has 0 aliphatic heterocycles. The van der Waals surface area contributed by atoms with Gasteiger partial charge in [-0.15, -0.1) is 10.2 Å². The molecule has 0 saturated carbocycles. The molecule has 2 aromatic heterocycles. The normalized spacial score (nSPS) is 17.9. The van der Waals surface area contributed by atoms with Crippen LogP contribution in [0, 0.1) is 0 Å². The molecule has 1 aliphatic rings. The highest BCUT2D eigenvalue weighted by molar-refractivity contribution is 5.62. The standard InChI is InChI=1S/C15H15N5/c1-2-4-12-9-13(6-5-11(12)3-1)18-14-15-19-17-10-20(15)8-7-16-14/h1-4,7-8,10,13H,5-6,9H2,(H,16,18). The summed E-state index contributed by atoms with van der Waals surface area (Å²) < 4.78 is 1.88. The highest BCUT2D eigenvalue weighted by atomic mass is 15.2. The SMILES string of the molecule is c1ccc2c(c1)CCC(Nc1nccn3cnnc13)C2. The van der Waals surface area contributed by atoms with Crippen LogP contribution in [0.5, 0.6) is 0 Å². The van der Waals surface area contributed by atoms with Crippen LogP contribution in [0.1, 0.15) is 17.5 Å². The Labute approximate surface area is 116 Å². The molecular weight excluding hydrogens is 250 g/mol. The van der Waals surface area contributed by atoms with E-state index in [2.05, 4.69) is 44.8 Å². The lowest BCUT2D eigenvalue weighted by molar-refractivity contribution is 0.609. The Morgan fingerprint density at radius 3 is 3.05 bits per heavy atom. The minimum Gasteiger partial charge on any atom is -0.364 e. The Hall–Kier alpha value is -2.43. The van der Waals surface area contributed by atoms with Crippen molar-refractivity contribution in [2.24, 2.45) is 0 Å². The van der Waals surface area contributed by atoms with Crippen LogP contribution in [-0.2, 0) is 12.8 Å². The maximum Gasteiger partial charge on any atom is 0.203 e. The van der Waals surface area contributed by atoms with E-state index in [1.54, 1.807) is 12.5 Å². The van der Waals surface area contributed by atoms with Crippen molar-refractivity contribution in [3.8, 4) is 0 Å². The van der Waals surface area contributed by atoms with Crippen LogP contribution < -0.4 is 5.32 Å². The average Bonchev–Trinajstić information content (AvgIpc) is 2.97. The number of rotatable bonds is 2. The molecule has 20 heavy (non-hydrogen) atoms. The largest absolute Gasteiger partial charge is 0.364 e. The number of fused-ring (bicyclic) bond motifs is 2. The van der Waals surface area contributed by atoms with E-state index in [1.807, 2.05) is 10.6 Å². The molecule has 1 aliphatic carbocycles. The number of hydrogen-bond acceptors (Lipinski definition) is 4. The molecule has 1 aromatic carbocycles. The summed E-state index contributed by atoms with van der Waals surface area (Å²) in [6.45, 7) is 0. The number of anilines is 1. The van der Waals surface area contributed by atoms with Gasteiger partial charge < -0.3 is 5.32 Å². The van der Waals surface area contributed by atoms with Gasteiger partial charge in [0.05, 0.1) is 0 Å². The zero-order valence-corrected chi connectivity index (χ0v) is 11.0. The molecule has 1 N–H and O–H groups in total. The fraction of sp³-hybridized carbons (Fsp3) is 0.267. The number of nitrogens with zero attached hydrogens (tertiary/aromatic N) is 4. The third kappa shape index (κ3) is 1.91. The van der Waals surface area contributed by atoms with Crippen molar-refractivity contribution in [2.75, 3.05) is 5.32 Å². The Morgan fingerprint density at radius 2 is 2.10 bits per heavy atom. The van der Waals surface area contributed by atoms with Gasteiger partial charge in [0.1, 0.15) is 6.33 Å². The van der Waals surface area contributed by atoms with Crippen molar-refractivity contribution >= 4 is 11.5 Å². The van der Waals surface area contributed by atoms with Gasteiger partial charge in [-0.1, -0.05) is 24.3 Å². The Morgan fingerprint density at radius 1 is 1.20 bits per heavy atom. The topological polar surface area (TPSA) is 55.1 Å². The second kappa shape index (κ2) is 4.59. The first-order chi connectivity index (χ1) is 9.90. The van der Waals surface area contributed by atoms with E-state index in [4.69, 9.17) is 0 Å². The molecule has 4 rings (SSSR count). The lowest BCUT2D eigenvalue weighted by atomic mass is 9.88. The van der Waals surface area contributed by atoms with Gasteiger partial charge in [-0.3, -0.25) is 4.40 Å². The van der Waals surface area contributed by atoms with E-state index in [0.717, 1.165) is 30.7 Å². The number of aromatic nitrogens is 4. The Bertz CT molecular complexity index is 749. The van der Waals surface area contributed by atoms with Crippen LogP contribution in [0.25, 0.3) is 5.65 Å². The minimum atomic E-state index is 0.403. The van der Waals surface area contributed by atoms with Gasteiger partial charge in [0.2, 0.25) is 5.65 Å². The molecule has 0 bridgehead atoms. The quantitative estimate of drug-likeness (QED) is 0.771. The summed E-state index contributed by atoms with van der Waals surface area (Å²) in [6.07, 6.45) is 8.59. The summed E-state index contributed by atoms with van der Waals surface area (Å²) in [5.41, 5.74) is 3.69. The first kappa shape index (κ1) is 11.4. The Balaban J connectivity index is 1.60. The fourth-order valence-corrected chi connectivity index (χ4v) is 2.87. The van der Waals surface area contributed by atoms with E-state index in [1.165, 1.54) is 11.1 Å². The number of nitrogens with one attached hydrogen (secondary N) is 1. The second-order valence-corrected chi connectivity index (χ2v) is 5.19. The van der Waals surface area contributed by atoms with Gasteiger partial charge in [-0.2, -0.15) is 0 Å². The van der Waals surface area contributed by atoms with Crippen molar-refractivity contribution in [2.45, 2.75) is 25.3 Å². The fourth-order valence-electron chi connectivity index (χ4n) is 2.87. The zero-order chi connectivity index (χ0) is 13.4. The minimum absolute atomic E-state index is 0.403. The van der Waals surface area contributed by atoms with Crippen LogP contribution in [-0.4, -0.2) is 25.6 Å². The molecular formula is C15H15N5. The Kier molecular flexibility index (Phi) is 2.62. The van der Waals surface area contributed by atoms with E-state index in [0.29, 0.717) is 6.04 Å². The first-order valence-electron chi connectivity index (χ1n) is 6.88. The molecule has 5 nitrogen and oxygen atoms in total. The van der Waals surface area contributed by atoms with Crippen molar-refractivity contribution in [1.82, 2.24) is 19.6 Å². The number of benzene rings is 1. The number of hydrogen-bond donors (Lipinski definition) is 1. The monoisotopic (exact) mass is 265 g/mol. The van der Waals surface area contributed by atoms with Crippen LogP contribution in [0.4, 0.5) is 5.82 Å². The predicted octanol–water partition coefficient (Wildman–Crippen LogP) is 2.09. The number of aryl methyl sites for hydroxylation is 1. The van der Waals surface area contributed by atoms with Gasteiger partial charge in [-0.05, 0) is 30.4 Å². The van der Waals surface area contributed by atoms with Crippen molar-refractivity contribution in [1.29, 1.82) is 0 Å². The zero-order valence-electron chi connectivity index (χ0n) is 11.0. The summed E-state index contributed by atoms with van der Waals surface area (Å²) in [5, 5.41) is 11.6. The van der Waals surface area contributed by atoms with E-state index in [9.17, 15) is 0 Å². The van der Waals surface area contributed by atoms with Crippen LogP contribution >= 0.6 is 0 Å². The molecule has 1 unspecified atom stereocenters. The third-order valence-corrected chi connectivity index (χ3v) is 3.90. The smallest absolute Gasteiger partial charge is 0.203 e. The lowest BCUT2D eigenvalue weighted by Gasteiger charge is -2.25. The highest BCUT2D eigenvalue weighted by Gasteiger charge is 2.19. The molecule has 0 saturated heterocycles. The average molecular weight is 265 g/mol. The highest BCUT2D eigenvalue weighted by Crippen LogP contribution is 2.23. The second-order valence-electron chi connectivity index (χ2n) is 5.19. The van der Waals surface area contributed by atoms with Gasteiger partial charge >= 0.3 is 0 Å². The summed E-state index contributed by atoms with van der Waals surface area (Å²) in [5.74, 6) is 0.814. The lowest BCUT2D eigenvalue weighted by Crippen LogP contribution is -2.28. The van der Waals surface area contributed by atoms with Crippen LogP contribution in [0.2, 0.25) is 0 Å². The summed E-state index contributed by atoms with van der Waals surface area (Å²) >= 11 is 0. The molecule has 2 heterocycles. The molecule has 1 atom stereocenters.